The maximum absolute atomic E-state index is 14.1. The lowest BCUT2D eigenvalue weighted by Crippen LogP contribution is -2.49. The fraction of sp³-hybridized carbons (Fsp3) is 0.467. The Morgan fingerprint density at radius 3 is 2.67 bits per heavy atom. The molecule has 2 saturated heterocycles. The van der Waals surface area contributed by atoms with Crippen LogP contribution < -0.4 is 4.90 Å². The number of hydrogen-bond donors (Lipinski definition) is 1. The summed E-state index contributed by atoms with van der Waals surface area (Å²) in [6.07, 6.45) is -2.76. The lowest BCUT2D eigenvalue weighted by atomic mass is 9.70. The van der Waals surface area contributed by atoms with Crippen LogP contribution in [0.5, 0.6) is 0 Å². The second-order valence-electron chi connectivity index (χ2n) is 9.88. The normalized spacial score (nSPS) is 30.4. The van der Waals surface area contributed by atoms with Gasteiger partial charge in [0.1, 0.15) is 0 Å². The SMILES string of the molecule is [2H]C1([2H])CN(C2CC([2H])([2H])N(c3cc4c(cc3C([2H])([2H])C)C(=O)c3c([nH]c5cc(C#N)ccc35)C4(C)C)C([2H])([2H])C2)CC([2H])([2H])O1. The molecule has 0 atom stereocenters. The van der Waals surface area contributed by atoms with E-state index in [0.29, 0.717) is 33.3 Å². The number of benzene rings is 2. The van der Waals surface area contributed by atoms with E-state index in [1.54, 1.807) is 18.2 Å². The van der Waals surface area contributed by atoms with Gasteiger partial charge in [0.15, 0.2) is 5.78 Å². The first-order chi connectivity index (χ1) is 21.0. The second kappa shape index (κ2) is 8.76. The van der Waals surface area contributed by atoms with Crippen molar-refractivity contribution < 1.29 is 23.2 Å². The maximum atomic E-state index is 14.1. The van der Waals surface area contributed by atoms with Crippen LogP contribution in [-0.2, 0) is 16.5 Å². The number of nitrogens with zero attached hydrogens (tertiary/aromatic N) is 3. The number of aryl methyl sites for hydroxylation is 1. The van der Waals surface area contributed by atoms with Crippen molar-refractivity contribution in [1.29, 1.82) is 5.26 Å². The Kier molecular flexibility index (Phi) is 3.54. The summed E-state index contributed by atoms with van der Waals surface area (Å²) in [5.41, 5.74) is 1.68. The van der Waals surface area contributed by atoms with Crippen LogP contribution in [0, 0.1) is 11.3 Å². The van der Waals surface area contributed by atoms with Gasteiger partial charge in [-0.15, -0.1) is 0 Å². The quantitative estimate of drug-likeness (QED) is 0.570. The Labute approximate surface area is 226 Å². The molecule has 2 aliphatic heterocycles. The van der Waals surface area contributed by atoms with E-state index in [2.05, 4.69) is 11.1 Å². The van der Waals surface area contributed by atoms with Crippen molar-refractivity contribution in [3.8, 4) is 6.07 Å². The highest BCUT2D eigenvalue weighted by Gasteiger charge is 2.40. The minimum absolute atomic E-state index is 0.0421. The lowest BCUT2D eigenvalue weighted by Gasteiger charge is -2.42. The number of aromatic amines is 1. The third-order valence-corrected chi connectivity index (χ3v) is 7.51. The summed E-state index contributed by atoms with van der Waals surface area (Å²) in [6.45, 7) is -5.31. The number of hydrogen-bond acceptors (Lipinski definition) is 5. The van der Waals surface area contributed by atoms with Crippen LogP contribution in [0.15, 0.2) is 30.3 Å². The molecule has 186 valence electrons. The molecule has 3 aromatic rings. The third kappa shape index (κ3) is 3.56. The Morgan fingerprint density at radius 1 is 1.22 bits per heavy atom. The van der Waals surface area contributed by atoms with E-state index in [1.807, 2.05) is 13.8 Å². The molecule has 0 unspecified atom stereocenters. The van der Waals surface area contributed by atoms with Gasteiger partial charge in [-0.2, -0.15) is 5.26 Å². The predicted molar refractivity (Wildman–Crippen MR) is 142 cm³/mol. The van der Waals surface area contributed by atoms with E-state index < -0.39 is 43.9 Å². The van der Waals surface area contributed by atoms with Crippen LogP contribution in [0.3, 0.4) is 0 Å². The molecule has 6 rings (SSSR count). The highest BCUT2D eigenvalue weighted by Crippen LogP contribution is 2.46. The summed E-state index contributed by atoms with van der Waals surface area (Å²) in [5.74, 6) is -0.363. The number of aromatic nitrogens is 1. The largest absolute Gasteiger partial charge is 0.379 e. The standard InChI is InChI=1S/C30H34N4O2/c1-4-20-16-23-24(17-26(20)34-9-7-21(8-10-34)33-11-13-36-14-12-33)30(2,3)29-27(28(23)35)22-6-5-19(18-31)15-25(22)32-29/h5-6,15-17,21,32H,4,7-14H2,1-3H3/i4D2,9D2,10D2,13D2,14D2. The van der Waals surface area contributed by atoms with E-state index >= 15 is 0 Å². The molecule has 6 nitrogen and oxygen atoms in total. The number of carbonyl (C=O) groups excluding carboxylic acids is 1. The molecule has 0 amide bonds. The van der Waals surface area contributed by atoms with Crippen LogP contribution in [-0.4, -0.2) is 60.9 Å². The van der Waals surface area contributed by atoms with Gasteiger partial charge in [-0.3, -0.25) is 9.69 Å². The highest BCUT2D eigenvalue weighted by molar-refractivity contribution is 6.20. The van der Waals surface area contributed by atoms with Crippen molar-refractivity contribution in [2.45, 2.75) is 51.4 Å². The summed E-state index contributed by atoms with van der Waals surface area (Å²) in [7, 11) is 0. The van der Waals surface area contributed by atoms with Crippen molar-refractivity contribution in [3.63, 3.8) is 0 Å². The molecule has 1 N–H and O–H groups in total. The van der Waals surface area contributed by atoms with Crippen molar-refractivity contribution in [1.82, 2.24) is 9.88 Å². The molecule has 3 aliphatic rings. The van der Waals surface area contributed by atoms with Gasteiger partial charge in [-0.1, -0.05) is 26.8 Å². The van der Waals surface area contributed by atoms with Crippen molar-refractivity contribution >= 4 is 22.4 Å². The Bertz CT molecular complexity index is 1790. The Balaban J connectivity index is 1.49. The number of nitriles is 1. The summed E-state index contributed by atoms with van der Waals surface area (Å²) < 4.78 is 90.9. The number of fused-ring (bicyclic) bond motifs is 4. The minimum atomic E-state index is -2.43. The molecule has 3 heterocycles. The van der Waals surface area contributed by atoms with Crippen molar-refractivity contribution in [2.24, 2.45) is 0 Å². The van der Waals surface area contributed by atoms with Gasteiger partial charge in [0, 0.05) is 73.6 Å². The molecule has 0 spiro atoms. The van der Waals surface area contributed by atoms with Crippen molar-refractivity contribution in [3.05, 3.63) is 63.8 Å². The van der Waals surface area contributed by atoms with Crippen LogP contribution >= 0.6 is 0 Å². The second-order valence-corrected chi connectivity index (χ2v) is 9.88. The average Bonchev–Trinajstić information content (AvgIpc) is 3.28. The topological polar surface area (TPSA) is 72.4 Å². The van der Waals surface area contributed by atoms with Crippen molar-refractivity contribution in [2.75, 3.05) is 44.1 Å². The van der Waals surface area contributed by atoms with E-state index in [4.69, 9.17) is 18.4 Å². The minimum Gasteiger partial charge on any atom is -0.379 e. The first kappa shape index (κ1) is 14.6. The first-order valence-corrected chi connectivity index (χ1v) is 12.0. The van der Waals surface area contributed by atoms with E-state index in [1.165, 1.54) is 24.0 Å². The van der Waals surface area contributed by atoms with Gasteiger partial charge in [-0.25, -0.2) is 0 Å². The van der Waals surface area contributed by atoms with Gasteiger partial charge in [0.05, 0.1) is 35.8 Å². The molecule has 1 aliphatic carbocycles. The summed E-state index contributed by atoms with van der Waals surface area (Å²) >= 11 is 0. The number of ketones is 1. The number of H-pyrrole nitrogens is 1. The van der Waals surface area contributed by atoms with Gasteiger partial charge in [0.2, 0.25) is 0 Å². The number of rotatable bonds is 3. The zero-order chi connectivity index (χ0) is 34.0. The van der Waals surface area contributed by atoms with Crippen LogP contribution in [0.4, 0.5) is 5.69 Å². The van der Waals surface area contributed by atoms with Gasteiger partial charge < -0.3 is 14.6 Å². The molecule has 36 heavy (non-hydrogen) atoms. The number of nitrogens with one attached hydrogen (secondary N) is 1. The number of ether oxygens (including phenoxy) is 1. The highest BCUT2D eigenvalue weighted by atomic mass is 16.5. The molecule has 2 fully saturated rings. The molecule has 0 radical (unpaired) electrons. The van der Waals surface area contributed by atoms with E-state index in [9.17, 15) is 10.1 Å². The van der Waals surface area contributed by atoms with Gasteiger partial charge in [-0.05, 0) is 54.6 Å². The zero-order valence-electron chi connectivity index (χ0n) is 30.5. The zero-order valence-corrected chi connectivity index (χ0v) is 20.5. The predicted octanol–water partition coefficient (Wildman–Crippen LogP) is 4.77. The molecular weight excluding hydrogens is 448 g/mol. The lowest BCUT2D eigenvalue weighted by molar-refractivity contribution is 0.0115. The van der Waals surface area contributed by atoms with Crippen LogP contribution in [0.2, 0.25) is 0 Å². The monoisotopic (exact) mass is 492 g/mol. The third-order valence-electron chi connectivity index (χ3n) is 7.51. The summed E-state index contributed by atoms with van der Waals surface area (Å²) in [6, 6.07) is 9.11. The number of piperidine rings is 1. The molecular formula is C30H34N4O2. The van der Waals surface area contributed by atoms with E-state index in [-0.39, 0.29) is 48.5 Å². The summed E-state index contributed by atoms with van der Waals surface area (Å²) in [5, 5.41) is 10.0. The fourth-order valence-electron chi connectivity index (χ4n) is 5.46. The molecule has 0 bridgehead atoms. The maximum Gasteiger partial charge on any atom is 0.195 e. The number of carbonyl (C=O) groups is 1. The molecule has 1 aromatic heterocycles. The molecule has 0 saturated carbocycles. The first-order valence-electron chi connectivity index (χ1n) is 17.0. The Hall–Kier alpha value is -3.14. The van der Waals surface area contributed by atoms with E-state index in [0.717, 1.165) is 4.90 Å². The molecule has 6 heteroatoms. The van der Waals surface area contributed by atoms with Gasteiger partial charge >= 0.3 is 0 Å². The number of anilines is 1. The summed E-state index contributed by atoms with van der Waals surface area (Å²) in [4.78, 5) is 19.7. The molecule has 2 aromatic carbocycles. The smallest absolute Gasteiger partial charge is 0.195 e. The average molecular weight is 493 g/mol. The number of morpholine rings is 1. The van der Waals surface area contributed by atoms with Crippen LogP contribution in [0.25, 0.3) is 10.9 Å². The van der Waals surface area contributed by atoms with Crippen LogP contribution in [0.1, 0.15) is 85.6 Å². The fourth-order valence-corrected chi connectivity index (χ4v) is 5.46. The van der Waals surface area contributed by atoms with Gasteiger partial charge in [0.25, 0.3) is 0 Å². The Morgan fingerprint density at radius 2 is 1.97 bits per heavy atom.